The van der Waals surface area contributed by atoms with Gasteiger partial charge in [0.2, 0.25) is 0 Å². The molecule has 85 heavy (non-hydrogen) atoms. The molecule has 2 saturated carbocycles. The van der Waals surface area contributed by atoms with E-state index in [9.17, 15) is 0 Å². The average molecular weight is 1100 g/mol. The minimum Gasteiger partial charge on any atom is -0.365 e. The Morgan fingerprint density at radius 2 is 1.07 bits per heavy atom. The van der Waals surface area contributed by atoms with Crippen molar-refractivity contribution < 1.29 is 0 Å². The molecule has 4 aliphatic heterocycles. The Morgan fingerprint density at radius 3 is 1.69 bits per heavy atom. The summed E-state index contributed by atoms with van der Waals surface area (Å²) < 4.78 is 2.55. The number of benzene rings is 10. The van der Waals surface area contributed by atoms with E-state index < -0.39 is 0 Å². The summed E-state index contributed by atoms with van der Waals surface area (Å²) in [7, 11) is 0. The molecule has 1 aromatic heterocycles. The van der Waals surface area contributed by atoms with Gasteiger partial charge in [0.05, 0.1) is 22.4 Å². The van der Waals surface area contributed by atoms with Crippen molar-refractivity contribution in [2.24, 2.45) is 11.8 Å². The molecule has 0 unspecified atom stereocenters. The molecule has 10 aromatic carbocycles. The Bertz CT molecular complexity index is 4340. The summed E-state index contributed by atoms with van der Waals surface area (Å²) in [6.45, 7) is 6.21. The van der Waals surface area contributed by atoms with Crippen LogP contribution in [-0.4, -0.2) is 23.4 Å². The summed E-state index contributed by atoms with van der Waals surface area (Å²) in [4.78, 5) is 8.33. The molecule has 5 heterocycles. The first kappa shape index (κ1) is 51.1. The lowest BCUT2D eigenvalue weighted by Gasteiger charge is -2.57. The fourth-order valence-electron chi connectivity index (χ4n) is 16.1. The average Bonchev–Trinajstić information content (AvgIpc) is 1.01. The van der Waals surface area contributed by atoms with E-state index in [4.69, 9.17) is 0 Å². The van der Waals surface area contributed by atoms with Gasteiger partial charge >= 0.3 is 0 Å². The molecule has 2 saturated heterocycles. The van der Waals surface area contributed by atoms with Gasteiger partial charge in [-0.3, -0.25) is 0 Å². The summed E-state index contributed by atoms with van der Waals surface area (Å²) in [6.07, 6.45) is 18.9. The number of allylic oxidation sites excluding steroid dienone is 7. The Hall–Kier alpha value is -9.58. The molecule has 4 fully saturated rings. The van der Waals surface area contributed by atoms with Crippen molar-refractivity contribution in [2.75, 3.05) is 14.7 Å². The van der Waals surface area contributed by atoms with Gasteiger partial charge in [-0.1, -0.05) is 238 Å². The van der Waals surface area contributed by atoms with Crippen LogP contribution in [0.1, 0.15) is 57.4 Å². The maximum absolute atomic E-state index is 3.98. The fraction of sp³-hybridized carbons (Fsp3) is 0.150. The molecular formula is C80H67BN4. The normalized spacial score (nSPS) is 18.6. The number of anilines is 6. The number of hydrogen-bond donors (Lipinski definition) is 0. The Morgan fingerprint density at radius 1 is 0.494 bits per heavy atom. The number of nitrogens with zero attached hydrogens (tertiary/aromatic N) is 4. The van der Waals surface area contributed by atoms with Crippen LogP contribution in [0.25, 0.3) is 66.4 Å². The Kier molecular flexibility index (Phi) is 12.8. The molecule has 0 amide bonds. The molecule has 410 valence electrons. The number of piperidine rings is 2. The van der Waals surface area contributed by atoms with Gasteiger partial charge in [0, 0.05) is 73.7 Å². The van der Waals surface area contributed by atoms with Gasteiger partial charge < -0.3 is 19.3 Å². The summed E-state index contributed by atoms with van der Waals surface area (Å²) in [6, 6.07) is 90.7. The zero-order valence-corrected chi connectivity index (χ0v) is 48.2. The zero-order valence-electron chi connectivity index (χ0n) is 48.2. The van der Waals surface area contributed by atoms with Gasteiger partial charge in [-0.05, 0) is 143 Å². The lowest BCUT2D eigenvalue weighted by Crippen LogP contribution is -2.62. The summed E-state index contributed by atoms with van der Waals surface area (Å²) in [5.74, 6) is 1.69. The largest absolute Gasteiger partial charge is 0.365 e. The van der Waals surface area contributed by atoms with E-state index >= 15 is 0 Å². The van der Waals surface area contributed by atoms with E-state index in [1.54, 1.807) is 0 Å². The van der Waals surface area contributed by atoms with Crippen LogP contribution in [0.3, 0.4) is 0 Å². The first-order chi connectivity index (χ1) is 42.1. The molecule has 17 rings (SSSR count). The highest BCUT2D eigenvalue weighted by Crippen LogP contribution is 2.54. The van der Waals surface area contributed by atoms with Crippen molar-refractivity contribution in [3.8, 4) is 39.1 Å². The molecule has 0 radical (unpaired) electrons. The Labute approximate surface area is 500 Å². The SMILES string of the molecule is C=CC=CC/C=C\C(=C(/CC)N1c2ccc(-c3ccccc3)cc2B2c3ccc(N4C5CC6CC(C5)CC4C6)cc3N(c3c(-c4ccccc4)cccc3-c3ccccc3)c3cc(-n4c5ccccc5c5ccccc54)cc1c32)c1ccccc1. The number of hydrogen-bond acceptors (Lipinski definition) is 3. The molecule has 4 nitrogen and oxygen atoms in total. The minimum atomic E-state index is -0.122. The fourth-order valence-corrected chi connectivity index (χ4v) is 16.1. The van der Waals surface area contributed by atoms with E-state index in [0.717, 1.165) is 30.4 Å². The van der Waals surface area contributed by atoms with Crippen LogP contribution in [0, 0.1) is 11.8 Å². The van der Waals surface area contributed by atoms with Gasteiger partial charge in [0.25, 0.3) is 6.71 Å². The highest BCUT2D eigenvalue weighted by Gasteiger charge is 2.49. The van der Waals surface area contributed by atoms with Crippen LogP contribution in [-0.2, 0) is 0 Å². The number of rotatable bonds is 13. The van der Waals surface area contributed by atoms with Crippen molar-refractivity contribution in [1.82, 2.24) is 4.57 Å². The van der Waals surface area contributed by atoms with Crippen molar-refractivity contribution in [3.05, 3.63) is 285 Å². The van der Waals surface area contributed by atoms with Crippen LogP contribution in [0.15, 0.2) is 279 Å². The van der Waals surface area contributed by atoms with Crippen molar-refractivity contribution in [2.45, 2.75) is 64.0 Å². The molecule has 2 aliphatic carbocycles. The quantitative estimate of drug-likeness (QED) is 0.0845. The van der Waals surface area contributed by atoms with Crippen LogP contribution in [0.5, 0.6) is 0 Å². The number of fused-ring (bicyclic) bond motifs is 7. The lowest BCUT2D eigenvalue weighted by atomic mass is 9.33. The second-order valence-corrected chi connectivity index (χ2v) is 24.2. The summed E-state index contributed by atoms with van der Waals surface area (Å²) >= 11 is 0. The monoisotopic (exact) mass is 1090 g/mol. The molecule has 0 N–H and O–H groups in total. The highest BCUT2D eigenvalue weighted by atomic mass is 15.2. The smallest absolute Gasteiger partial charge is 0.252 e. The predicted octanol–water partition coefficient (Wildman–Crippen LogP) is 18.8. The third-order valence-electron chi connectivity index (χ3n) is 19.4. The topological polar surface area (TPSA) is 14.7 Å². The molecule has 0 atom stereocenters. The van der Waals surface area contributed by atoms with E-state index in [2.05, 4.69) is 288 Å². The second kappa shape index (κ2) is 21.2. The van der Waals surface area contributed by atoms with Crippen molar-refractivity contribution in [3.63, 3.8) is 0 Å². The highest BCUT2D eigenvalue weighted by molar-refractivity contribution is 7.00. The molecule has 6 aliphatic rings. The first-order valence-electron chi connectivity index (χ1n) is 30.9. The molecule has 4 bridgehead atoms. The van der Waals surface area contributed by atoms with Gasteiger partial charge in [0.1, 0.15) is 0 Å². The van der Waals surface area contributed by atoms with E-state index in [0.29, 0.717) is 12.1 Å². The zero-order chi connectivity index (χ0) is 56.5. The Balaban J connectivity index is 1.07. The third kappa shape index (κ3) is 8.57. The summed E-state index contributed by atoms with van der Waals surface area (Å²) in [5.41, 5.74) is 25.6. The predicted molar refractivity (Wildman–Crippen MR) is 362 cm³/mol. The third-order valence-corrected chi connectivity index (χ3v) is 19.4. The van der Waals surface area contributed by atoms with Gasteiger partial charge in [-0.15, -0.1) is 0 Å². The maximum atomic E-state index is 3.98. The van der Waals surface area contributed by atoms with Crippen LogP contribution in [0.2, 0.25) is 0 Å². The van der Waals surface area contributed by atoms with E-state index in [-0.39, 0.29) is 6.71 Å². The van der Waals surface area contributed by atoms with E-state index in [1.807, 2.05) is 12.2 Å². The lowest BCUT2D eigenvalue weighted by molar-refractivity contribution is 0.0900. The maximum Gasteiger partial charge on any atom is 0.252 e. The van der Waals surface area contributed by atoms with Crippen molar-refractivity contribution in [1.29, 1.82) is 0 Å². The molecule has 0 spiro atoms. The van der Waals surface area contributed by atoms with Crippen LogP contribution in [0.4, 0.5) is 34.1 Å². The molecule has 5 heteroatoms. The number of aromatic nitrogens is 1. The summed E-state index contributed by atoms with van der Waals surface area (Å²) in [5, 5.41) is 2.48. The first-order valence-corrected chi connectivity index (χ1v) is 30.9. The minimum absolute atomic E-state index is 0.122. The molecular weight excluding hydrogens is 1030 g/mol. The number of para-hydroxylation sites is 3. The molecule has 11 aromatic rings. The van der Waals surface area contributed by atoms with Gasteiger partial charge in [-0.2, -0.15) is 0 Å². The standard InChI is InChI=1S/C80H67BN4/c1-3-5-6-7-20-34-65(57-28-14-9-15-29-57)72(4-2)84-75-44-41-60(56-26-12-8-13-27-56)50-71(75)81-70-43-42-61(82-62-46-54-45-55(48-62)49-63(82)47-54)51-76(70)85(80-66(58-30-16-10-17-31-58)37-25-38-67(80)59-32-18-11-19-33-59)78-53-64(52-77(84)79(78)81)83-73-39-23-21-35-68(73)69-36-22-24-40-74(69)83/h3,5-6,8-44,50-55,62-63H,1,4,7,45-49H2,2H3/b6-5?,34-20-,72-65-. The van der Waals surface area contributed by atoms with Crippen LogP contribution >= 0.6 is 0 Å². The van der Waals surface area contributed by atoms with Crippen LogP contribution < -0.4 is 31.1 Å². The second-order valence-electron chi connectivity index (χ2n) is 24.2. The van der Waals surface area contributed by atoms with Crippen molar-refractivity contribution >= 4 is 84.6 Å². The van der Waals surface area contributed by atoms with Gasteiger partial charge in [-0.25, -0.2) is 0 Å². The van der Waals surface area contributed by atoms with E-state index in [1.165, 1.54) is 155 Å². The van der Waals surface area contributed by atoms with Gasteiger partial charge in [0.15, 0.2) is 0 Å².